The summed E-state index contributed by atoms with van der Waals surface area (Å²) in [5.74, 6) is 1.94. The van der Waals surface area contributed by atoms with Crippen molar-refractivity contribution in [2.45, 2.75) is 58.0 Å². The molecule has 1 aliphatic rings. The smallest absolute Gasteiger partial charge is 0.167 e. The molecular formula is C13H21NO2. The Morgan fingerprint density at radius 2 is 1.94 bits per heavy atom. The fourth-order valence-corrected chi connectivity index (χ4v) is 2.33. The maximum Gasteiger partial charge on any atom is 0.167 e. The first kappa shape index (κ1) is 11.6. The largest absolute Gasteiger partial charge is 0.382 e. The van der Waals surface area contributed by atoms with Gasteiger partial charge in [-0.3, -0.25) is 0 Å². The Bertz CT molecular complexity index is 343. The first-order valence-electron chi connectivity index (χ1n) is 6.16. The van der Waals surface area contributed by atoms with E-state index >= 15 is 0 Å². The van der Waals surface area contributed by atoms with E-state index in [4.69, 9.17) is 4.52 Å². The highest BCUT2D eigenvalue weighted by Crippen LogP contribution is 2.36. The zero-order chi connectivity index (χ0) is 11.8. The van der Waals surface area contributed by atoms with E-state index in [0.29, 0.717) is 11.7 Å². The second-order valence-corrected chi connectivity index (χ2v) is 5.63. The van der Waals surface area contributed by atoms with Crippen molar-refractivity contribution in [3.63, 3.8) is 0 Å². The first-order valence-corrected chi connectivity index (χ1v) is 6.16. The third-order valence-corrected chi connectivity index (χ3v) is 3.57. The Morgan fingerprint density at radius 1 is 1.31 bits per heavy atom. The van der Waals surface area contributed by atoms with Crippen LogP contribution in [-0.4, -0.2) is 10.3 Å². The molecule has 1 aliphatic carbocycles. The van der Waals surface area contributed by atoms with E-state index in [-0.39, 0.29) is 0 Å². The quantitative estimate of drug-likeness (QED) is 0.837. The Balaban J connectivity index is 2.08. The van der Waals surface area contributed by atoms with Gasteiger partial charge in [-0.2, -0.15) is 0 Å². The highest BCUT2D eigenvalue weighted by molar-refractivity contribution is 5.15. The minimum atomic E-state index is -0.923. The van der Waals surface area contributed by atoms with Crippen LogP contribution in [0.4, 0.5) is 0 Å². The number of aliphatic hydroxyl groups is 1. The van der Waals surface area contributed by atoms with E-state index in [1.54, 1.807) is 13.8 Å². The van der Waals surface area contributed by atoms with E-state index < -0.39 is 5.60 Å². The van der Waals surface area contributed by atoms with Crippen LogP contribution < -0.4 is 0 Å². The summed E-state index contributed by atoms with van der Waals surface area (Å²) >= 11 is 0. The lowest BCUT2D eigenvalue weighted by molar-refractivity contribution is 0.0474. The van der Waals surface area contributed by atoms with Crippen molar-refractivity contribution in [2.75, 3.05) is 0 Å². The van der Waals surface area contributed by atoms with Gasteiger partial charge in [-0.1, -0.05) is 24.9 Å². The number of hydrogen-bond donors (Lipinski definition) is 1. The first-order chi connectivity index (χ1) is 7.47. The van der Waals surface area contributed by atoms with Gasteiger partial charge in [0.05, 0.1) is 5.69 Å². The van der Waals surface area contributed by atoms with Gasteiger partial charge in [0.2, 0.25) is 0 Å². The molecule has 0 radical (unpaired) electrons. The lowest BCUT2D eigenvalue weighted by atomic mass is 9.81. The molecule has 16 heavy (non-hydrogen) atoms. The summed E-state index contributed by atoms with van der Waals surface area (Å²) in [6.45, 7) is 5.75. The van der Waals surface area contributed by atoms with Crippen LogP contribution in [0.1, 0.15) is 63.8 Å². The molecule has 1 heterocycles. The molecule has 1 aromatic rings. The zero-order valence-electron chi connectivity index (χ0n) is 10.4. The van der Waals surface area contributed by atoms with Crippen LogP contribution >= 0.6 is 0 Å². The van der Waals surface area contributed by atoms with E-state index in [0.717, 1.165) is 11.6 Å². The third kappa shape index (κ3) is 2.46. The predicted molar refractivity (Wildman–Crippen MR) is 62.1 cm³/mol. The highest BCUT2D eigenvalue weighted by Gasteiger charge is 2.26. The number of aromatic nitrogens is 1. The van der Waals surface area contributed by atoms with Crippen molar-refractivity contribution in [3.8, 4) is 0 Å². The molecule has 0 unspecified atom stereocenters. The number of hydrogen-bond acceptors (Lipinski definition) is 3. The van der Waals surface area contributed by atoms with Gasteiger partial charge in [0.1, 0.15) is 5.60 Å². The molecule has 90 valence electrons. The van der Waals surface area contributed by atoms with Gasteiger partial charge in [0.25, 0.3) is 0 Å². The maximum absolute atomic E-state index is 9.81. The lowest BCUT2D eigenvalue weighted by Crippen LogP contribution is -2.14. The molecule has 3 heteroatoms. The minimum Gasteiger partial charge on any atom is -0.382 e. The van der Waals surface area contributed by atoms with Gasteiger partial charge in [-0.05, 0) is 32.6 Å². The van der Waals surface area contributed by atoms with E-state index in [9.17, 15) is 5.11 Å². The molecule has 0 bridgehead atoms. The van der Waals surface area contributed by atoms with E-state index in [1.807, 2.05) is 6.07 Å². The molecule has 1 fully saturated rings. The summed E-state index contributed by atoms with van der Waals surface area (Å²) in [6, 6.07) is 1.92. The molecule has 0 spiro atoms. The molecule has 3 nitrogen and oxygen atoms in total. The van der Waals surface area contributed by atoms with Crippen molar-refractivity contribution < 1.29 is 9.63 Å². The second-order valence-electron chi connectivity index (χ2n) is 5.63. The summed E-state index contributed by atoms with van der Waals surface area (Å²) in [5.41, 5.74) is 0.0942. The lowest BCUT2D eigenvalue weighted by Gasteiger charge is -2.24. The summed E-state index contributed by atoms with van der Waals surface area (Å²) in [7, 11) is 0. The van der Waals surface area contributed by atoms with Gasteiger partial charge in [-0.15, -0.1) is 0 Å². The van der Waals surface area contributed by atoms with Gasteiger partial charge in [0, 0.05) is 12.0 Å². The summed E-state index contributed by atoms with van der Waals surface area (Å²) in [6.07, 6.45) is 4.93. The van der Waals surface area contributed by atoms with Gasteiger partial charge < -0.3 is 9.63 Å². The Hall–Kier alpha value is -0.830. The number of nitrogens with zero attached hydrogens (tertiary/aromatic N) is 1. The van der Waals surface area contributed by atoms with Crippen LogP contribution in [0.5, 0.6) is 0 Å². The van der Waals surface area contributed by atoms with Crippen LogP contribution in [0.2, 0.25) is 0 Å². The highest BCUT2D eigenvalue weighted by atomic mass is 16.5. The summed E-state index contributed by atoms with van der Waals surface area (Å²) < 4.78 is 5.21. The van der Waals surface area contributed by atoms with Gasteiger partial charge in [0.15, 0.2) is 5.76 Å². The van der Waals surface area contributed by atoms with E-state index in [2.05, 4.69) is 12.1 Å². The van der Waals surface area contributed by atoms with Crippen LogP contribution in [0.25, 0.3) is 0 Å². The summed E-state index contributed by atoms with van der Waals surface area (Å²) in [4.78, 5) is 0. The molecule has 1 aromatic heterocycles. The molecule has 0 aromatic carbocycles. The summed E-state index contributed by atoms with van der Waals surface area (Å²) in [5, 5.41) is 13.9. The molecule has 0 saturated heterocycles. The fraction of sp³-hybridized carbons (Fsp3) is 0.769. The average molecular weight is 223 g/mol. The Morgan fingerprint density at radius 3 is 2.44 bits per heavy atom. The van der Waals surface area contributed by atoms with Gasteiger partial charge >= 0.3 is 0 Å². The fourth-order valence-electron chi connectivity index (χ4n) is 2.33. The molecule has 2 rings (SSSR count). The SMILES string of the molecule is CC(C)(O)c1cc([C@H]2CC[C@H](C)CC2)no1. The van der Waals surface area contributed by atoms with Crippen molar-refractivity contribution in [1.82, 2.24) is 5.16 Å². The Labute approximate surface area is 96.8 Å². The van der Waals surface area contributed by atoms with Crippen LogP contribution in [0, 0.1) is 5.92 Å². The normalized spacial score (nSPS) is 27.0. The molecular weight excluding hydrogens is 202 g/mol. The third-order valence-electron chi connectivity index (χ3n) is 3.57. The molecule has 0 amide bonds. The standard InChI is InChI=1S/C13H21NO2/c1-9-4-6-10(7-5-9)11-8-12(16-14-11)13(2,3)15/h8-10,15H,4-7H2,1-3H3/t9-,10-. The van der Waals surface area contributed by atoms with E-state index in [1.165, 1.54) is 25.7 Å². The average Bonchev–Trinajstić information content (AvgIpc) is 2.67. The van der Waals surface area contributed by atoms with Crippen molar-refractivity contribution in [3.05, 3.63) is 17.5 Å². The van der Waals surface area contributed by atoms with Crippen LogP contribution in [0.15, 0.2) is 10.6 Å². The van der Waals surface area contributed by atoms with Crippen molar-refractivity contribution in [1.29, 1.82) is 0 Å². The molecule has 0 aliphatic heterocycles. The zero-order valence-corrected chi connectivity index (χ0v) is 10.4. The number of rotatable bonds is 2. The molecule has 1 saturated carbocycles. The topological polar surface area (TPSA) is 46.3 Å². The predicted octanol–water partition coefficient (Wildman–Crippen LogP) is 3.20. The second kappa shape index (κ2) is 4.21. The minimum absolute atomic E-state index is 0.524. The molecule has 1 N–H and O–H groups in total. The maximum atomic E-state index is 9.81. The Kier molecular flexibility index (Phi) is 3.06. The van der Waals surface area contributed by atoms with Crippen molar-refractivity contribution >= 4 is 0 Å². The molecule has 0 atom stereocenters. The van der Waals surface area contributed by atoms with Crippen LogP contribution in [0.3, 0.4) is 0 Å². The van der Waals surface area contributed by atoms with Crippen LogP contribution in [-0.2, 0) is 5.60 Å². The monoisotopic (exact) mass is 223 g/mol. The van der Waals surface area contributed by atoms with Crippen molar-refractivity contribution in [2.24, 2.45) is 5.92 Å². The van der Waals surface area contributed by atoms with Gasteiger partial charge in [-0.25, -0.2) is 0 Å².